The Kier molecular flexibility index (Phi) is 8.41. The molecular formula is C48H44N2O4. The zero-order chi connectivity index (χ0) is 38.3. The van der Waals surface area contributed by atoms with Gasteiger partial charge in [0.25, 0.3) is 23.6 Å². The van der Waals surface area contributed by atoms with E-state index in [1.165, 1.54) is 20.9 Å². The van der Waals surface area contributed by atoms with Crippen molar-refractivity contribution in [3.63, 3.8) is 0 Å². The van der Waals surface area contributed by atoms with Gasteiger partial charge in [0.05, 0.1) is 33.6 Å². The maximum atomic E-state index is 13.8. The van der Waals surface area contributed by atoms with E-state index in [0.717, 1.165) is 81.3 Å². The molecule has 6 heteroatoms. The number of amides is 4. The summed E-state index contributed by atoms with van der Waals surface area (Å²) in [4.78, 5) is 57.8. The van der Waals surface area contributed by atoms with Gasteiger partial charge in [-0.25, -0.2) is 9.80 Å². The molecule has 0 fully saturated rings. The van der Waals surface area contributed by atoms with Crippen LogP contribution in [0, 0.1) is 39.5 Å². The number of aryl methyl sites for hydroxylation is 4. The monoisotopic (exact) mass is 712 g/mol. The van der Waals surface area contributed by atoms with Gasteiger partial charge in [-0.15, -0.1) is 0 Å². The lowest BCUT2D eigenvalue weighted by atomic mass is 9.76. The highest BCUT2D eigenvalue weighted by Gasteiger charge is 2.41. The number of rotatable bonds is 7. The topological polar surface area (TPSA) is 74.8 Å². The van der Waals surface area contributed by atoms with Crippen LogP contribution in [0.2, 0.25) is 0 Å². The molecule has 0 aromatic heterocycles. The van der Waals surface area contributed by atoms with E-state index in [4.69, 9.17) is 0 Å². The summed E-state index contributed by atoms with van der Waals surface area (Å²) in [6.45, 7) is 19.8. The fraction of sp³-hybridized carbons (Fsp3) is 0.250. The number of benzene rings is 4. The summed E-state index contributed by atoms with van der Waals surface area (Å²) < 4.78 is 0. The third-order valence-corrected chi connectivity index (χ3v) is 12.1. The molecule has 4 aliphatic rings. The highest BCUT2D eigenvalue weighted by atomic mass is 16.2. The van der Waals surface area contributed by atoms with Gasteiger partial charge in [-0.05, 0) is 183 Å². The number of allylic oxidation sites excluding steroid dienone is 2. The maximum Gasteiger partial charge on any atom is 0.266 e. The first-order chi connectivity index (χ1) is 25.8. The fourth-order valence-corrected chi connectivity index (χ4v) is 9.29. The highest BCUT2D eigenvalue weighted by molar-refractivity contribution is 6.36. The number of anilines is 2. The normalized spacial score (nSPS) is 18.6. The standard InChI is InChI=1S/C48H44N2O4/c1-9-31-13-27(5)43(28(6)14-31)49-45(51)39-21-35-17-25(3)33(19-37(35)23-41(39)47(49)53)11-12-34-20-38-24-42-40(22-36(38)18-26(34)4)46(52)50(48(42)54)44-29(7)15-32(10-2)16-30(44)8/h9-10,13-18,21-24,33-34H,1-2,11-12,19-20H2,3-8H3/t33-,34?/m0/s1. The van der Waals surface area contributed by atoms with Crippen molar-refractivity contribution in [2.45, 2.75) is 67.2 Å². The highest BCUT2D eigenvalue weighted by Crippen LogP contribution is 2.42. The number of hydrogen-bond donors (Lipinski definition) is 0. The molecule has 2 aliphatic heterocycles. The molecule has 0 spiro atoms. The average molecular weight is 713 g/mol. The molecule has 1 unspecified atom stereocenters. The molecule has 8 rings (SSSR count). The number of carbonyl (C=O) groups is 4. The van der Waals surface area contributed by atoms with Crippen LogP contribution in [0.3, 0.4) is 0 Å². The zero-order valence-electron chi connectivity index (χ0n) is 31.9. The first-order valence-electron chi connectivity index (χ1n) is 18.7. The van der Waals surface area contributed by atoms with Crippen molar-refractivity contribution in [2.24, 2.45) is 11.8 Å². The van der Waals surface area contributed by atoms with Gasteiger partial charge >= 0.3 is 0 Å². The molecule has 6 nitrogen and oxygen atoms in total. The Morgan fingerprint density at radius 2 is 0.833 bits per heavy atom. The molecule has 0 N–H and O–H groups in total. The Labute approximate surface area is 317 Å². The summed E-state index contributed by atoms with van der Waals surface area (Å²) in [5.74, 6) is -0.497. The van der Waals surface area contributed by atoms with Gasteiger partial charge in [0.1, 0.15) is 0 Å². The Hall–Kier alpha value is -5.88. The largest absolute Gasteiger partial charge is 0.268 e. The molecule has 270 valence electrons. The number of fused-ring (bicyclic) bond motifs is 4. The van der Waals surface area contributed by atoms with E-state index in [2.05, 4.69) is 39.2 Å². The van der Waals surface area contributed by atoms with Crippen LogP contribution >= 0.6 is 0 Å². The molecule has 0 radical (unpaired) electrons. The molecule has 4 aromatic carbocycles. The third kappa shape index (κ3) is 5.46. The van der Waals surface area contributed by atoms with Gasteiger partial charge in [0.2, 0.25) is 0 Å². The van der Waals surface area contributed by atoms with Crippen LogP contribution in [-0.4, -0.2) is 23.6 Å². The molecule has 4 amide bonds. The van der Waals surface area contributed by atoms with Crippen LogP contribution in [0.1, 0.15) is 124 Å². The van der Waals surface area contributed by atoms with Crippen LogP contribution in [0.5, 0.6) is 0 Å². The minimum Gasteiger partial charge on any atom is -0.268 e. The lowest BCUT2D eigenvalue weighted by Crippen LogP contribution is -2.30. The van der Waals surface area contributed by atoms with Crippen molar-refractivity contribution in [3.8, 4) is 0 Å². The van der Waals surface area contributed by atoms with Gasteiger partial charge in [0.15, 0.2) is 0 Å². The van der Waals surface area contributed by atoms with E-state index in [9.17, 15) is 19.2 Å². The lowest BCUT2D eigenvalue weighted by molar-refractivity contribution is 0.0910. The summed E-state index contributed by atoms with van der Waals surface area (Å²) in [5, 5.41) is 0. The number of carbonyl (C=O) groups excluding carboxylic acids is 4. The number of hydrogen-bond acceptors (Lipinski definition) is 4. The predicted octanol–water partition coefficient (Wildman–Crippen LogP) is 10.4. The van der Waals surface area contributed by atoms with Crippen LogP contribution in [0.4, 0.5) is 11.4 Å². The van der Waals surface area contributed by atoms with Crippen LogP contribution in [-0.2, 0) is 12.8 Å². The Balaban J connectivity index is 0.996. The van der Waals surface area contributed by atoms with E-state index in [1.807, 2.05) is 76.2 Å². The van der Waals surface area contributed by atoms with Crippen LogP contribution < -0.4 is 9.80 Å². The minimum absolute atomic E-state index is 0.273. The predicted molar refractivity (Wildman–Crippen MR) is 218 cm³/mol. The summed E-state index contributed by atoms with van der Waals surface area (Å²) in [6, 6.07) is 15.5. The SMILES string of the molecule is C=Cc1cc(C)c(N2C(=O)c3cc4c(cc3C2=O)CC(CC[C@H]2Cc3cc5c(cc3C=C2C)C(=O)N(c2c(C)cc(C=C)cc2C)C5=O)C(C)=C4)c(C)c1. The second-order valence-corrected chi connectivity index (χ2v) is 15.7. The van der Waals surface area contributed by atoms with Crippen molar-refractivity contribution < 1.29 is 19.2 Å². The molecule has 0 saturated heterocycles. The molecule has 2 aliphatic carbocycles. The van der Waals surface area contributed by atoms with Crippen molar-refractivity contribution in [2.75, 3.05) is 9.80 Å². The van der Waals surface area contributed by atoms with Crippen LogP contribution in [0.25, 0.3) is 24.3 Å². The minimum atomic E-state index is -0.278. The van der Waals surface area contributed by atoms with Gasteiger partial charge < -0.3 is 0 Å². The zero-order valence-corrected chi connectivity index (χ0v) is 31.9. The van der Waals surface area contributed by atoms with E-state index in [1.54, 1.807) is 12.2 Å². The van der Waals surface area contributed by atoms with E-state index < -0.39 is 0 Å². The van der Waals surface area contributed by atoms with Gasteiger partial charge in [-0.2, -0.15) is 0 Å². The Morgan fingerprint density at radius 3 is 1.15 bits per heavy atom. The van der Waals surface area contributed by atoms with Gasteiger partial charge in [-0.3, -0.25) is 19.2 Å². The average Bonchev–Trinajstić information content (AvgIpc) is 3.51. The van der Waals surface area contributed by atoms with Gasteiger partial charge in [0, 0.05) is 0 Å². The van der Waals surface area contributed by atoms with E-state index >= 15 is 0 Å². The second-order valence-electron chi connectivity index (χ2n) is 15.7. The first-order valence-corrected chi connectivity index (χ1v) is 18.7. The maximum absolute atomic E-state index is 13.8. The molecular weight excluding hydrogens is 669 g/mol. The Morgan fingerprint density at radius 1 is 0.519 bits per heavy atom. The summed E-state index contributed by atoms with van der Waals surface area (Å²) in [5.41, 5.74) is 15.3. The number of imide groups is 2. The third-order valence-electron chi connectivity index (χ3n) is 12.1. The van der Waals surface area contributed by atoms with Gasteiger partial charge in [-0.1, -0.05) is 48.6 Å². The fourth-order valence-electron chi connectivity index (χ4n) is 9.29. The molecule has 54 heavy (non-hydrogen) atoms. The Bertz CT molecular complexity index is 2280. The molecule has 2 atom stereocenters. The molecule has 0 bridgehead atoms. The molecule has 2 heterocycles. The second kappa shape index (κ2) is 12.9. The molecule has 0 saturated carbocycles. The summed E-state index contributed by atoms with van der Waals surface area (Å²) in [7, 11) is 0. The van der Waals surface area contributed by atoms with Crippen molar-refractivity contribution >= 4 is 59.3 Å². The van der Waals surface area contributed by atoms with E-state index in [-0.39, 0.29) is 23.6 Å². The van der Waals surface area contributed by atoms with E-state index in [0.29, 0.717) is 45.5 Å². The quantitative estimate of drug-likeness (QED) is 0.179. The number of nitrogens with zero attached hydrogens (tertiary/aromatic N) is 2. The summed E-state index contributed by atoms with van der Waals surface area (Å²) in [6.07, 6.45) is 11.4. The van der Waals surface area contributed by atoms with Crippen molar-refractivity contribution in [1.82, 2.24) is 0 Å². The molecule has 4 aromatic rings. The van der Waals surface area contributed by atoms with Crippen molar-refractivity contribution in [1.29, 1.82) is 0 Å². The van der Waals surface area contributed by atoms with Crippen LogP contribution in [0.15, 0.2) is 72.8 Å². The smallest absolute Gasteiger partial charge is 0.266 e. The first kappa shape index (κ1) is 35.2. The summed E-state index contributed by atoms with van der Waals surface area (Å²) >= 11 is 0. The van der Waals surface area contributed by atoms with Crippen molar-refractivity contribution in [3.05, 3.63) is 151 Å². The lowest BCUT2D eigenvalue weighted by Gasteiger charge is -2.29.